The molecule has 2 heterocycles. The molecule has 0 aliphatic carbocycles. The number of carbonyl (C=O) groups is 1. The number of amides is 1. The van der Waals surface area contributed by atoms with Crippen molar-refractivity contribution in [1.29, 1.82) is 0 Å². The summed E-state index contributed by atoms with van der Waals surface area (Å²) in [4.78, 5) is 31.6. The highest BCUT2D eigenvalue weighted by Gasteiger charge is 2.21. The Kier molecular flexibility index (Phi) is 5.40. The monoisotopic (exact) mass is 455 g/mol. The first kappa shape index (κ1) is 20.9. The fourth-order valence-corrected chi connectivity index (χ4v) is 4.81. The van der Waals surface area contributed by atoms with E-state index in [0.717, 1.165) is 21.9 Å². The Hall–Kier alpha value is -3.97. The van der Waals surface area contributed by atoms with Crippen LogP contribution >= 0.6 is 11.3 Å². The fourth-order valence-electron chi connectivity index (χ4n) is 3.90. The number of anilines is 1. The van der Waals surface area contributed by atoms with Gasteiger partial charge in [0.25, 0.3) is 5.56 Å². The van der Waals surface area contributed by atoms with Crippen molar-refractivity contribution >= 4 is 43.9 Å². The Morgan fingerprint density at radius 3 is 2.64 bits per heavy atom. The Balaban J connectivity index is 1.54. The van der Waals surface area contributed by atoms with Crippen LogP contribution in [0.15, 0.2) is 83.2 Å². The molecule has 3 aromatic carbocycles. The number of hydrogen-bond donors (Lipinski definition) is 1. The quantitative estimate of drug-likeness (QED) is 0.381. The maximum Gasteiger partial charge on any atom is 0.263 e. The van der Waals surface area contributed by atoms with Crippen LogP contribution in [0.25, 0.3) is 32.1 Å². The number of fused-ring (bicyclic) bond motifs is 2. The van der Waals surface area contributed by atoms with Gasteiger partial charge in [-0.05, 0) is 41.5 Å². The summed E-state index contributed by atoms with van der Waals surface area (Å²) in [6.07, 6.45) is 1.44. The minimum absolute atomic E-state index is 0.243. The third-order valence-electron chi connectivity index (χ3n) is 5.74. The predicted molar refractivity (Wildman–Crippen MR) is 133 cm³/mol. The van der Waals surface area contributed by atoms with E-state index in [9.17, 15) is 9.59 Å². The second-order valence-electron chi connectivity index (χ2n) is 7.71. The van der Waals surface area contributed by atoms with Crippen molar-refractivity contribution in [3.63, 3.8) is 0 Å². The molecule has 0 aliphatic heterocycles. The molecule has 1 atom stereocenters. The van der Waals surface area contributed by atoms with Crippen molar-refractivity contribution in [2.45, 2.75) is 13.0 Å². The van der Waals surface area contributed by atoms with Gasteiger partial charge < -0.3 is 10.1 Å². The summed E-state index contributed by atoms with van der Waals surface area (Å²) in [5.74, 6) is 0.223. The standard InChI is InChI=1S/C26H21N3O3S/c1-16(24(30)28-21-9-5-6-10-22(21)32-2)29-15-27-25-23(26(29)31)20(14-33-25)19-12-11-17-7-3-4-8-18(17)13-19/h3-16H,1-2H3,(H,28,30). The van der Waals surface area contributed by atoms with Crippen molar-refractivity contribution in [2.75, 3.05) is 12.4 Å². The van der Waals surface area contributed by atoms with E-state index in [2.05, 4.69) is 22.4 Å². The highest BCUT2D eigenvalue weighted by Crippen LogP contribution is 2.33. The Morgan fingerprint density at radius 2 is 1.82 bits per heavy atom. The number of benzene rings is 3. The molecule has 164 valence electrons. The van der Waals surface area contributed by atoms with Crippen LogP contribution in [0, 0.1) is 0 Å². The van der Waals surface area contributed by atoms with Gasteiger partial charge in [-0.3, -0.25) is 14.2 Å². The molecule has 5 aromatic rings. The molecule has 6 nitrogen and oxygen atoms in total. The number of rotatable bonds is 5. The minimum atomic E-state index is -0.760. The molecule has 1 N–H and O–H groups in total. The number of nitrogens with zero attached hydrogens (tertiary/aromatic N) is 2. The number of aromatic nitrogens is 2. The SMILES string of the molecule is COc1ccccc1NC(=O)C(C)n1cnc2scc(-c3ccc4ccccc4c3)c2c1=O. The van der Waals surface area contributed by atoms with E-state index in [0.29, 0.717) is 21.7 Å². The van der Waals surface area contributed by atoms with Crippen LogP contribution in [0.1, 0.15) is 13.0 Å². The molecule has 33 heavy (non-hydrogen) atoms. The van der Waals surface area contributed by atoms with E-state index in [4.69, 9.17) is 4.74 Å². The third kappa shape index (κ3) is 3.76. The molecule has 0 saturated carbocycles. The summed E-state index contributed by atoms with van der Waals surface area (Å²) in [6, 6.07) is 20.6. The molecule has 0 saturated heterocycles. The number of methoxy groups -OCH3 is 1. The summed E-state index contributed by atoms with van der Waals surface area (Å²) in [7, 11) is 1.54. The normalized spacial score (nSPS) is 12.1. The lowest BCUT2D eigenvalue weighted by atomic mass is 10.0. The van der Waals surface area contributed by atoms with E-state index < -0.39 is 6.04 Å². The maximum absolute atomic E-state index is 13.5. The van der Waals surface area contributed by atoms with E-state index in [1.165, 1.54) is 22.2 Å². The highest BCUT2D eigenvalue weighted by atomic mass is 32.1. The van der Waals surface area contributed by atoms with Crippen molar-refractivity contribution in [1.82, 2.24) is 9.55 Å². The van der Waals surface area contributed by atoms with Crippen LogP contribution in [0.4, 0.5) is 5.69 Å². The lowest BCUT2D eigenvalue weighted by Crippen LogP contribution is -2.31. The van der Waals surface area contributed by atoms with Gasteiger partial charge in [-0.25, -0.2) is 4.98 Å². The molecule has 0 fully saturated rings. The number of para-hydroxylation sites is 2. The second kappa shape index (κ2) is 8.52. The summed E-state index contributed by atoms with van der Waals surface area (Å²) in [6.45, 7) is 1.68. The average Bonchev–Trinajstić information content (AvgIpc) is 3.29. The molecule has 1 unspecified atom stereocenters. The van der Waals surface area contributed by atoms with Crippen LogP contribution in [-0.2, 0) is 4.79 Å². The molecule has 5 rings (SSSR count). The first-order valence-electron chi connectivity index (χ1n) is 10.5. The van der Waals surface area contributed by atoms with Crippen LogP contribution in [0.5, 0.6) is 5.75 Å². The number of thiophene rings is 1. The molecule has 0 aliphatic rings. The highest BCUT2D eigenvalue weighted by molar-refractivity contribution is 7.17. The maximum atomic E-state index is 13.5. The van der Waals surface area contributed by atoms with Gasteiger partial charge in [0.1, 0.15) is 16.6 Å². The van der Waals surface area contributed by atoms with Crippen molar-refractivity contribution < 1.29 is 9.53 Å². The summed E-state index contributed by atoms with van der Waals surface area (Å²) in [5.41, 5.74) is 2.08. The second-order valence-corrected chi connectivity index (χ2v) is 8.57. The molecule has 0 radical (unpaired) electrons. The van der Waals surface area contributed by atoms with Crippen molar-refractivity contribution in [3.05, 3.63) is 88.8 Å². The van der Waals surface area contributed by atoms with Gasteiger partial charge in [-0.15, -0.1) is 11.3 Å². The van der Waals surface area contributed by atoms with Gasteiger partial charge in [0.05, 0.1) is 24.5 Å². The Morgan fingerprint density at radius 1 is 1.06 bits per heavy atom. The smallest absolute Gasteiger partial charge is 0.263 e. The lowest BCUT2D eigenvalue weighted by Gasteiger charge is -2.16. The summed E-state index contributed by atoms with van der Waals surface area (Å²) < 4.78 is 6.68. The van der Waals surface area contributed by atoms with Crippen LogP contribution < -0.4 is 15.6 Å². The van der Waals surface area contributed by atoms with Gasteiger partial charge >= 0.3 is 0 Å². The molecule has 0 bridgehead atoms. The van der Waals surface area contributed by atoms with Crippen LogP contribution in [-0.4, -0.2) is 22.6 Å². The molecule has 0 spiro atoms. The number of nitrogens with one attached hydrogen (secondary N) is 1. The Bertz CT molecular complexity index is 1550. The summed E-state index contributed by atoms with van der Waals surface area (Å²) in [5, 5.41) is 7.56. The first-order chi connectivity index (χ1) is 16.1. The van der Waals surface area contributed by atoms with E-state index >= 15 is 0 Å². The zero-order valence-corrected chi connectivity index (χ0v) is 18.9. The van der Waals surface area contributed by atoms with Gasteiger partial charge in [0.15, 0.2) is 0 Å². The summed E-state index contributed by atoms with van der Waals surface area (Å²) >= 11 is 1.42. The van der Waals surface area contributed by atoms with Gasteiger partial charge in [-0.1, -0.05) is 48.5 Å². The molecular formula is C26H21N3O3S. The number of ether oxygens (including phenoxy) is 1. The predicted octanol–water partition coefficient (Wildman–Crippen LogP) is 5.49. The van der Waals surface area contributed by atoms with E-state index in [1.54, 1.807) is 26.2 Å². The third-order valence-corrected chi connectivity index (χ3v) is 6.63. The molecule has 2 aromatic heterocycles. The van der Waals surface area contributed by atoms with Gasteiger partial charge in [-0.2, -0.15) is 0 Å². The van der Waals surface area contributed by atoms with Crippen LogP contribution in [0.3, 0.4) is 0 Å². The van der Waals surface area contributed by atoms with Gasteiger partial charge in [0.2, 0.25) is 5.91 Å². The van der Waals surface area contributed by atoms with E-state index in [-0.39, 0.29) is 11.5 Å². The number of carbonyl (C=O) groups excluding carboxylic acids is 1. The lowest BCUT2D eigenvalue weighted by molar-refractivity contribution is -0.118. The number of hydrogen-bond acceptors (Lipinski definition) is 5. The fraction of sp³-hybridized carbons (Fsp3) is 0.115. The minimum Gasteiger partial charge on any atom is -0.495 e. The van der Waals surface area contributed by atoms with Crippen molar-refractivity contribution in [2.24, 2.45) is 0 Å². The zero-order valence-electron chi connectivity index (χ0n) is 18.1. The average molecular weight is 456 g/mol. The van der Waals surface area contributed by atoms with E-state index in [1.807, 2.05) is 47.8 Å². The molecular weight excluding hydrogens is 434 g/mol. The zero-order chi connectivity index (χ0) is 22.9. The Labute approximate surface area is 194 Å². The van der Waals surface area contributed by atoms with Crippen molar-refractivity contribution in [3.8, 4) is 16.9 Å². The van der Waals surface area contributed by atoms with Gasteiger partial charge in [0, 0.05) is 10.9 Å². The molecule has 7 heteroatoms. The molecule has 1 amide bonds. The largest absolute Gasteiger partial charge is 0.495 e. The van der Waals surface area contributed by atoms with Crippen LogP contribution in [0.2, 0.25) is 0 Å². The first-order valence-corrected chi connectivity index (χ1v) is 11.4. The topological polar surface area (TPSA) is 73.2 Å².